The van der Waals surface area contributed by atoms with Crippen LogP contribution in [-0.4, -0.2) is 68.5 Å². The molecule has 2 aromatic rings. The molecule has 1 unspecified atom stereocenters. The van der Waals surface area contributed by atoms with Gasteiger partial charge in [0.05, 0.1) is 44.2 Å². The molecule has 0 aliphatic rings. The maximum absolute atomic E-state index is 12.4. The number of aliphatic hydroxyl groups is 1. The van der Waals surface area contributed by atoms with Crippen LogP contribution in [0.2, 0.25) is 0 Å². The summed E-state index contributed by atoms with van der Waals surface area (Å²) in [5.41, 5.74) is -0.808. The molecule has 294 valence electrons. The van der Waals surface area contributed by atoms with Crippen LogP contribution in [0.3, 0.4) is 0 Å². The number of hydrogen-bond acceptors (Lipinski definition) is 8. The van der Waals surface area contributed by atoms with Gasteiger partial charge in [0.15, 0.2) is 0 Å². The minimum absolute atomic E-state index is 0.177. The summed E-state index contributed by atoms with van der Waals surface area (Å²) in [4.78, 5) is 36.1. The van der Waals surface area contributed by atoms with E-state index in [2.05, 4.69) is 29.6 Å². The Kier molecular flexibility index (Phi) is 19.0. The molecule has 0 bridgehead atoms. The van der Waals surface area contributed by atoms with Gasteiger partial charge in [0.25, 0.3) is 0 Å². The molecule has 2 amide bonds. The minimum atomic E-state index is -3.08. The van der Waals surface area contributed by atoms with E-state index in [1.165, 1.54) is 48.5 Å². The van der Waals surface area contributed by atoms with Gasteiger partial charge in [-0.2, -0.15) is 35.1 Å². The van der Waals surface area contributed by atoms with E-state index in [1.54, 1.807) is 41.5 Å². The van der Waals surface area contributed by atoms with Crippen LogP contribution in [0.5, 0.6) is 11.5 Å². The summed E-state index contributed by atoms with van der Waals surface area (Å²) >= 11 is 0. The molecule has 10 nitrogen and oxygen atoms in total. The van der Waals surface area contributed by atoms with Gasteiger partial charge in [-0.1, -0.05) is 65.8 Å². The molecule has 52 heavy (non-hydrogen) atoms. The predicted octanol–water partition coefficient (Wildman–Crippen LogP) is 7.17. The van der Waals surface area contributed by atoms with E-state index >= 15 is 0 Å². The van der Waals surface area contributed by atoms with E-state index in [1.807, 2.05) is 0 Å². The number of ether oxygens (including phenoxy) is 4. The van der Waals surface area contributed by atoms with Crippen molar-refractivity contribution in [2.24, 2.45) is 10.8 Å². The molecule has 0 aliphatic heterocycles. The van der Waals surface area contributed by atoms with Crippen LogP contribution in [0.25, 0.3) is 0 Å². The maximum atomic E-state index is 12.4. The Morgan fingerprint density at radius 1 is 0.654 bits per heavy atom. The highest BCUT2D eigenvalue weighted by atomic mass is 19.3. The lowest BCUT2D eigenvalue weighted by Gasteiger charge is -2.26. The van der Waals surface area contributed by atoms with Crippen LogP contribution in [0.15, 0.2) is 48.5 Å². The number of hydrogen-bond donors (Lipinski definition) is 3. The number of carbonyl (C=O) groups is 3. The van der Waals surface area contributed by atoms with E-state index in [0.29, 0.717) is 0 Å². The van der Waals surface area contributed by atoms with E-state index in [4.69, 9.17) is 0 Å². The van der Waals surface area contributed by atoms with Gasteiger partial charge in [-0.3, -0.25) is 14.4 Å². The van der Waals surface area contributed by atoms with Crippen molar-refractivity contribution in [3.8, 4) is 11.5 Å². The highest BCUT2D eigenvalue weighted by Crippen LogP contribution is 2.25. The van der Waals surface area contributed by atoms with Crippen molar-refractivity contribution in [3.05, 3.63) is 59.7 Å². The Bertz CT molecular complexity index is 1400. The minimum Gasteiger partial charge on any atom is -0.435 e. The van der Waals surface area contributed by atoms with E-state index in [-0.39, 0.29) is 34.8 Å². The van der Waals surface area contributed by atoms with Crippen LogP contribution in [0.4, 0.5) is 35.1 Å². The summed E-state index contributed by atoms with van der Waals surface area (Å²) in [6, 6.07) is 8.46. The molecular weight excluding hydrogens is 716 g/mol. The van der Waals surface area contributed by atoms with Gasteiger partial charge in [-0.15, -0.1) is 0 Å². The van der Waals surface area contributed by atoms with Crippen LogP contribution in [0, 0.1) is 10.8 Å². The predicted molar refractivity (Wildman–Crippen MR) is 171 cm³/mol. The second-order valence-corrected chi connectivity index (χ2v) is 13.3. The van der Waals surface area contributed by atoms with E-state index < -0.39 is 86.9 Å². The highest BCUT2D eigenvalue weighted by Gasteiger charge is 2.27. The average Bonchev–Trinajstić information content (AvgIpc) is 3.00. The zero-order valence-corrected chi connectivity index (χ0v) is 29.3. The number of Topliss-reactive ketones (excluding diaryl/α,β-unsaturated/α-hetero) is 1. The van der Waals surface area contributed by atoms with Crippen molar-refractivity contribution in [3.63, 3.8) is 0 Å². The normalized spacial score (nSPS) is 13.7. The topological polar surface area (TPSA) is 132 Å². The fraction of sp³-hybridized carbons (Fsp3) is 0.559. The molecule has 0 aromatic heterocycles. The van der Waals surface area contributed by atoms with E-state index in [9.17, 15) is 54.6 Å². The Morgan fingerprint density at radius 2 is 1.06 bits per heavy atom. The van der Waals surface area contributed by atoms with Gasteiger partial charge >= 0.3 is 26.4 Å². The number of aliphatic hydroxyl groups excluding tert-OH is 1. The summed E-state index contributed by atoms with van der Waals surface area (Å²) in [5, 5.41) is 14.9. The molecule has 0 radical (unpaired) electrons. The Labute approximate surface area is 296 Å². The van der Waals surface area contributed by atoms with Crippen LogP contribution >= 0.6 is 0 Å². The second-order valence-electron chi connectivity index (χ2n) is 13.3. The third-order valence-electron chi connectivity index (χ3n) is 6.96. The number of halogens is 8. The molecule has 0 aliphatic carbocycles. The van der Waals surface area contributed by atoms with Gasteiger partial charge in [0, 0.05) is 5.41 Å². The van der Waals surface area contributed by atoms with Gasteiger partial charge in [0.1, 0.15) is 17.3 Å². The van der Waals surface area contributed by atoms with Gasteiger partial charge in [0.2, 0.25) is 11.8 Å². The van der Waals surface area contributed by atoms with E-state index in [0.717, 1.165) is 0 Å². The Balaban J connectivity index is 0.000000520. The van der Waals surface area contributed by atoms with Crippen LogP contribution in [-0.2, 0) is 23.9 Å². The van der Waals surface area contributed by atoms with Crippen molar-refractivity contribution < 1.29 is 73.6 Å². The largest absolute Gasteiger partial charge is 0.435 e. The zero-order chi connectivity index (χ0) is 39.8. The van der Waals surface area contributed by atoms with Crippen molar-refractivity contribution in [1.82, 2.24) is 10.6 Å². The number of benzene rings is 2. The molecular formula is C34H44F8N2O8. The lowest BCUT2D eigenvalue weighted by atomic mass is 9.87. The lowest BCUT2D eigenvalue weighted by Crippen LogP contribution is -2.37. The maximum Gasteiger partial charge on any atom is 0.387 e. The molecule has 0 fully saturated rings. The summed E-state index contributed by atoms with van der Waals surface area (Å²) in [7, 11) is 0. The Morgan fingerprint density at radius 3 is 1.40 bits per heavy atom. The van der Waals surface area contributed by atoms with Gasteiger partial charge in [-0.05, 0) is 40.8 Å². The van der Waals surface area contributed by atoms with Crippen LogP contribution < -0.4 is 20.1 Å². The summed E-state index contributed by atoms with van der Waals surface area (Å²) in [5.74, 6) is -1.98. The fourth-order valence-corrected chi connectivity index (χ4v) is 3.99. The van der Waals surface area contributed by atoms with Crippen molar-refractivity contribution >= 4 is 17.6 Å². The summed E-state index contributed by atoms with van der Waals surface area (Å²) in [6.07, 6.45) is -1.64. The average molecular weight is 761 g/mol. The molecule has 3 atom stereocenters. The first-order chi connectivity index (χ1) is 24.0. The van der Waals surface area contributed by atoms with Crippen molar-refractivity contribution in [1.29, 1.82) is 0 Å². The third-order valence-corrected chi connectivity index (χ3v) is 6.96. The first-order valence-electron chi connectivity index (χ1n) is 15.7. The molecule has 2 rings (SSSR count). The van der Waals surface area contributed by atoms with Crippen molar-refractivity contribution in [2.75, 3.05) is 13.2 Å². The van der Waals surface area contributed by atoms with Gasteiger partial charge < -0.3 is 34.7 Å². The molecule has 0 saturated heterocycles. The van der Waals surface area contributed by atoms with Crippen molar-refractivity contribution in [2.45, 2.75) is 99.0 Å². The SMILES string of the molecule is CC(C)(C)C(=O)CC(=O)N[C@@H](COC(F)F)c1cccc(OC(F)F)c1.CC(C)(C)C(O)CC(=O)N[C@@H](COC(F)F)c1cccc(OC(F)F)c1. The lowest BCUT2D eigenvalue weighted by molar-refractivity contribution is -0.141. The molecule has 0 spiro atoms. The smallest absolute Gasteiger partial charge is 0.387 e. The standard InChI is InChI=1S/C17H23F4NO4.C17H21F4NO4/c2*1-17(2,3)13(23)8-14(24)22-12(9-25-15(18)19)10-5-4-6-11(7-10)26-16(20)21/h4-7,12-13,15-16,23H,8-9H2,1-3H3,(H,22,24);4-7,12,15-16H,8-9H2,1-3H3,(H,22,24)/t12-,13?;12-/m00/s1. The molecule has 2 aromatic carbocycles. The third kappa shape index (κ3) is 19.0. The quantitative estimate of drug-likeness (QED) is 0.108. The Hall–Kier alpha value is -4.03. The number of rotatable bonds is 18. The number of amides is 2. The molecule has 0 saturated carbocycles. The number of nitrogens with one attached hydrogen (secondary N) is 2. The molecule has 18 heteroatoms. The fourth-order valence-electron chi connectivity index (χ4n) is 3.99. The summed E-state index contributed by atoms with van der Waals surface area (Å²) in [6.45, 7) is -3.26. The zero-order valence-electron chi connectivity index (χ0n) is 29.3. The van der Waals surface area contributed by atoms with Crippen LogP contribution in [0.1, 0.15) is 77.6 Å². The second kappa shape index (κ2) is 21.5. The number of alkyl halides is 8. The van der Waals surface area contributed by atoms with Gasteiger partial charge in [-0.25, -0.2) is 0 Å². The summed E-state index contributed by atoms with van der Waals surface area (Å²) < 4.78 is 116. The highest BCUT2D eigenvalue weighted by molar-refractivity contribution is 6.00. The number of ketones is 1. The molecule has 0 heterocycles. The number of carbonyl (C=O) groups excluding carboxylic acids is 3. The molecule has 3 N–H and O–H groups in total. The monoisotopic (exact) mass is 760 g/mol. The first kappa shape index (κ1) is 46.0. The first-order valence-corrected chi connectivity index (χ1v) is 15.7.